The number of nitrogens with one attached hydrogen (secondary N) is 1. The summed E-state index contributed by atoms with van der Waals surface area (Å²) in [5, 5.41) is 3.43. The van der Waals surface area contributed by atoms with Crippen LogP contribution in [0.25, 0.3) is 0 Å². The molecule has 0 unspecified atom stereocenters. The van der Waals surface area contributed by atoms with E-state index in [1.54, 1.807) is 0 Å². The maximum atomic E-state index is 4.48. The molecule has 1 aliphatic rings. The van der Waals surface area contributed by atoms with E-state index in [-0.39, 0.29) is 0 Å². The summed E-state index contributed by atoms with van der Waals surface area (Å²) in [5.41, 5.74) is 1.32. The van der Waals surface area contributed by atoms with Gasteiger partial charge < -0.3 is 5.32 Å². The normalized spacial score (nSPS) is 17.6. The maximum absolute atomic E-state index is 4.48. The molecule has 2 heterocycles. The minimum Gasteiger partial charge on any atom is -0.370 e. The number of hydrogen-bond donors (Lipinski definition) is 1. The first kappa shape index (κ1) is 15.3. The van der Waals surface area contributed by atoms with Gasteiger partial charge in [-0.15, -0.1) is 0 Å². The molecule has 0 amide bonds. The molecule has 0 radical (unpaired) electrons. The van der Waals surface area contributed by atoms with Crippen LogP contribution in [0.15, 0.2) is 18.3 Å². The second-order valence-electron chi connectivity index (χ2n) is 5.84. The van der Waals surface area contributed by atoms with E-state index < -0.39 is 0 Å². The highest BCUT2D eigenvalue weighted by atomic mass is 15.3. The Labute approximate surface area is 123 Å². The molecule has 0 atom stereocenters. The lowest BCUT2D eigenvalue weighted by Gasteiger charge is -2.37. The molecule has 1 saturated heterocycles. The molecule has 1 N–H and O–H groups in total. The number of rotatable bonds is 6. The van der Waals surface area contributed by atoms with Crippen LogP contribution in [0.3, 0.4) is 0 Å². The third-order valence-corrected chi connectivity index (χ3v) is 3.96. The Balaban J connectivity index is 1.90. The van der Waals surface area contributed by atoms with Crippen LogP contribution in [-0.2, 0) is 6.54 Å². The number of hydrogen-bond acceptors (Lipinski definition) is 4. The summed E-state index contributed by atoms with van der Waals surface area (Å²) in [6.45, 7) is 13.4. The Morgan fingerprint density at radius 1 is 1.25 bits per heavy atom. The van der Waals surface area contributed by atoms with Gasteiger partial charge in [0.15, 0.2) is 0 Å². The van der Waals surface area contributed by atoms with E-state index in [2.05, 4.69) is 46.9 Å². The van der Waals surface area contributed by atoms with E-state index in [1.165, 1.54) is 18.7 Å². The van der Waals surface area contributed by atoms with Crippen molar-refractivity contribution in [3.8, 4) is 0 Å². The molecule has 1 fully saturated rings. The average Bonchev–Trinajstić information content (AvgIpc) is 2.47. The van der Waals surface area contributed by atoms with Crippen molar-refractivity contribution in [3.63, 3.8) is 0 Å². The number of aromatic nitrogens is 1. The van der Waals surface area contributed by atoms with Crippen molar-refractivity contribution in [2.75, 3.05) is 38.0 Å². The summed E-state index contributed by atoms with van der Waals surface area (Å²) in [5.74, 6) is 1.06. The largest absolute Gasteiger partial charge is 0.370 e. The van der Waals surface area contributed by atoms with Gasteiger partial charge in [0, 0.05) is 57.1 Å². The summed E-state index contributed by atoms with van der Waals surface area (Å²) < 4.78 is 0. The first-order valence-electron chi connectivity index (χ1n) is 7.85. The highest BCUT2D eigenvalue weighted by molar-refractivity contribution is 5.43. The molecule has 1 aromatic rings. The minimum absolute atomic E-state index is 0.664. The van der Waals surface area contributed by atoms with Crippen LogP contribution < -0.4 is 5.32 Å². The first-order valence-corrected chi connectivity index (χ1v) is 7.85. The number of anilines is 1. The molecule has 0 spiro atoms. The number of nitrogens with zero attached hydrogens (tertiary/aromatic N) is 3. The summed E-state index contributed by atoms with van der Waals surface area (Å²) >= 11 is 0. The molecule has 0 saturated carbocycles. The minimum atomic E-state index is 0.664. The number of pyridine rings is 1. The highest BCUT2D eigenvalue weighted by Crippen LogP contribution is 2.16. The van der Waals surface area contributed by atoms with E-state index in [0.29, 0.717) is 6.04 Å². The van der Waals surface area contributed by atoms with Crippen LogP contribution in [0.2, 0.25) is 0 Å². The van der Waals surface area contributed by atoms with E-state index in [0.717, 1.165) is 38.4 Å². The second-order valence-corrected chi connectivity index (χ2v) is 5.84. The van der Waals surface area contributed by atoms with Gasteiger partial charge in [-0.25, -0.2) is 4.98 Å². The topological polar surface area (TPSA) is 31.4 Å². The standard InChI is InChI=1S/C16H28N4/c1-4-7-17-16-15(6-5-8-18-16)13-19-9-11-20(12-10-19)14(2)3/h5-6,8,14H,4,7,9-13H2,1-3H3,(H,17,18). The number of piperazine rings is 1. The SMILES string of the molecule is CCCNc1ncccc1CN1CCN(C(C)C)CC1. The average molecular weight is 276 g/mol. The van der Waals surface area contributed by atoms with Gasteiger partial charge in [-0.05, 0) is 26.3 Å². The van der Waals surface area contributed by atoms with Crippen molar-refractivity contribution in [1.29, 1.82) is 0 Å². The lowest BCUT2D eigenvalue weighted by Crippen LogP contribution is -2.48. The Bertz CT molecular complexity index is 397. The second kappa shape index (κ2) is 7.60. The van der Waals surface area contributed by atoms with Crippen LogP contribution in [0.5, 0.6) is 0 Å². The zero-order valence-electron chi connectivity index (χ0n) is 13.1. The fourth-order valence-corrected chi connectivity index (χ4v) is 2.65. The third kappa shape index (κ3) is 4.18. The summed E-state index contributed by atoms with van der Waals surface area (Å²) in [7, 11) is 0. The van der Waals surface area contributed by atoms with Gasteiger partial charge in [-0.1, -0.05) is 13.0 Å². The zero-order chi connectivity index (χ0) is 14.4. The maximum Gasteiger partial charge on any atom is 0.130 e. The fourth-order valence-electron chi connectivity index (χ4n) is 2.65. The summed E-state index contributed by atoms with van der Waals surface area (Å²) in [6, 6.07) is 4.90. The predicted molar refractivity (Wildman–Crippen MR) is 85.0 cm³/mol. The molecule has 0 aliphatic carbocycles. The van der Waals surface area contributed by atoms with Crippen molar-refractivity contribution in [3.05, 3.63) is 23.9 Å². The van der Waals surface area contributed by atoms with Crippen LogP contribution in [0.1, 0.15) is 32.8 Å². The van der Waals surface area contributed by atoms with Gasteiger partial charge in [0.25, 0.3) is 0 Å². The Morgan fingerprint density at radius 2 is 2.00 bits per heavy atom. The highest BCUT2D eigenvalue weighted by Gasteiger charge is 2.19. The molecular formula is C16H28N4. The molecule has 112 valence electrons. The lowest BCUT2D eigenvalue weighted by atomic mass is 10.2. The zero-order valence-corrected chi connectivity index (χ0v) is 13.1. The Kier molecular flexibility index (Phi) is 5.80. The van der Waals surface area contributed by atoms with Gasteiger partial charge in [0.05, 0.1) is 0 Å². The smallest absolute Gasteiger partial charge is 0.130 e. The van der Waals surface area contributed by atoms with Crippen molar-refractivity contribution < 1.29 is 0 Å². The summed E-state index contributed by atoms with van der Waals surface area (Å²) in [6.07, 6.45) is 3.00. The molecule has 1 aliphatic heterocycles. The predicted octanol–water partition coefficient (Wildman–Crippen LogP) is 2.43. The van der Waals surface area contributed by atoms with E-state index in [4.69, 9.17) is 0 Å². The quantitative estimate of drug-likeness (QED) is 0.864. The monoisotopic (exact) mass is 276 g/mol. The molecular weight excluding hydrogens is 248 g/mol. The van der Waals surface area contributed by atoms with Crippen LogP contribution >= 0.6 is 0 Å². The third-order valence-electron chi connectivity index (χ3n) is 3.96. The first-order chi connectivity index (χ1) is 9.70. The van der Waals surface area contributed by atoms with Crippen LogP contribution in [-0.4, -0.2) is 53.5 Å². The van der Waals surface area contributed by atoms with Crippen LogP contribution in [0.4, 0.5) is 5.82 Å². The Hall–Kier alpha value is -1.13. The van der Waals surface area contributed by atoms with Gasteiger partial charge in [0.1, 0.15) is 5.82 Å². The van der Waals surface area contributed by atoms with Gasteiger partial charge in [-0.3, -0.25) is 9.80 Å². The molecule has 20 heavy (non-hydrogen) atoms. The molecule has 0 bridgehead atoms. The molecule has 4 nitrogen and oxygen atoms in total. The van der Waals surface area contributed by atoms with Crippen molar-refractivity contribution >= 4 is 5.82 Å². The van der Waals surface area contributed by atoms with Crippen molar-refractivity contribution in [1.82, 2.24) is 14.8 Å². The fraction of sp³-hybridized carbons (Fsp3) is 0.688. The van der Waals surface area contributed by atoms with E-state index in [1.807, 2.05) is 12.3 Å². The Morgan fingerprint density at radius 3 is 2.65 bits per heavy atom. The molecule has 4 heteroatoms. The van der Waals surface area contributed by atoms with Crippen LogP contribution in [0, 0.1) is 0 Å². The van der Waals surface area contributed by atoms with Gasteiger partial charge in [0.2, 0.25) is 0 Å². The summed E-state index contributed by atoms with van der Waals surface area (Å²) in [4.78, 5) is 9.56. The van der Waals surface area contributed by atoms with E-state index in [9.17, 15) is 0 Å². The molecule has 1 aromatic heterocycles. The van der Waals surface area contributed by atoms with E-state index >= 15 is 0 Å². The molecule has 0 aromatic carbocycles. The van der Waals surface area contributed by atoms with Crippen molar-refractivity contribution in [2.24, 2.45) is 0 Å². The molecule has 2 rings (SSSR count). The van der Waals surface area contributed by atoms with Gasteiger partial charge >= 0.3 is 0 Å². The van der Waals surface area contributed by atoms with Gasteiger partial charge in [-0.2, -0.15) is 0 Å². The lowest BCUT2D eigenvalue weighted by molar-refractivity contribution is 0.104. The van der Waals surface area contributed by atoms with Crippen molar-refractivity contribution in [2.45, 2.75) is 39.8 Å².